The summed E-state index contributed by atoms with van der Waals surface area (Å²) in [6.45, 7) is 5.65. The van der Waals surface area contributed by atoms with Crippen LogP contribution < -0.4 is 0 Å². The summed E-state index contributed by atoms with van der Waals surface area (Å²) in [5.74, 6) is 5.08. The van der Waals surface area contributed by atoms with Crippen molar-refractivity contribution in [3.63, 3.8) is 0 Å². The number of Topliss-reactive ketones (excluding diaryl/α,β-unsaturated/α-hetero) is 1. The van der Waals surface area contributed by atoms with Gasteiger partial charge in [-0.15, -0.1) is 11.8 Å². The molecular formula is C23H34O5. The standard InChI is InChI=1S/C23H34O5/c1-5-6-15-23(2,3)21(26)14-13-18-17(19(24)16-20(18)25)11-9-7-8-10-12-22(27)28-4/h7,9,13-14,17-18,20-21,25-26H,8,10-12,15-16H2,1-4H3/t17-,18-,20-,21-/m1/s1. The van der Waals surface area contributed by atoms with Crippen LogP contribution in [0.3, 0.4) is 0 Å². The summed E-state index contributed by atoms with van der Waals surface area (Å²) in [7, 11) is 1.37. The van der Waals surface area contributed by atoms with Gasteiger partial charge in [-0.05, 0) is 26.2 Å². The highest BCUT2D eigenvalue weighted by Crippen LogP contribution is 2.34. The van der Waals surface area contributed by atoms with Crippen molar-refractivity contribution in [3.05, 3.63) is 24.3 Å². The molecule has 0 spiro atoms. The highest BCUT2D eigenvalue weighted by atomic mass is 16.5. The molecule has 0 aromatic heterocycles. The van der Waals surface area contributed by atoms with Gasteiger partial charge in [0.2, 0.25) is 0 Å². The van der Waals surface area contributed by atoms with E-state index in [1.54, 1.807) is 19.1 Å². The molecule has 5 nitrogen and oxygen atoms in total. The number of allylic oxidation sites excluding steroid dienone is 2. The molecule has 28 heavy (non-hydrogen) atoms. The Morgan fingerprint density at radius 1 is 1.39 bits per heavy atom. The van der Waals surface area contributed by atoms with E-state index in [1.807, 2.05) is 26.0 Å². The smallest absolute Gasteiger partial charge is 0.305 e. The third-order valence-electron chi connectivity index (χ3n) is 5.31. The second kappa shape index (κ2) is 11.8. The number of aliphatic hydroxyl groups is 2. The lowest BCUT2D eigenvalue weighted by molar-refractivity contribution is -0.140. The zero-order chi connectivity index (χ0) is 21.2. The third kappa shape index (κ3) is 7.61. The molecule has 1 saturated carbocycles. The topological polar surface area (TPSA) is 83.8 Å². The van der Waals surface area contributed by atoms with Gasteiger partial charge < -0.3 is 14.9 Å². The first-order valence-corrected chi connectivity index (χ1v) is 9.91. The first kappa shape index (κ1) is 24.1. The third-order valence-corrected chi connectivity index (χ3v) is 5.31. The van der Waals surface area contributed by atoms with Crippen LogP contribution in [0.15, 0.2) is 24.3 Å². The molecule has 1 rings (SSSR count). The fourth-order valence-electron chi connectivity index (χ4n) is 3.27. The van der Waals surface area contributed by atoms with Crippen molar-refractivity contribution in [1.29, 1.82) is 0 Å². The number of ketones is 1. The Labute approximate surface area is 168 Å². The normalized spacial score (nSPS) is 23.8. The predicted molar refractivity (Wildman–Crippen MR) is 109 cm³/mol. The van der Waals surface area contributed by atoms with Gasteiger partial charge in [-0.25, -0.2) is 0 Å². The van der Waals surface area contributed by atoms with Crippen LogP contribution in [0.4, 0.5) is 0 Å². The van der Waals surface area contributed by atoms with Crippen LogP contribution in [-0.2, 0) is 14.3 Å². The second-order valence-electron chi connectivity index (χ2n) is 8.02. The SMILES string of the molecule is CC#CCC(C)(C)[C@H](O)C=C[C@H]1[C@H](O)CC(=O)[C@@H]1CC=CCCCC(=O)OC. The maximum Gasteiger partial charge on any atom is 0.305 e. The summed E-state index contributed by atoms with van der Waals surface area (Å²) in [5.41, 5.74) is -0.401. The summed E-state index contributed by atoms with van der Waals surface area (Å²) < 4.78 is 4.60. The zero-order valence-electron chi connectivity index (χ0n) is 17.5. The minimum absolute atomic E-state index is 0.0481. The average Bonchev–Trinajstić information content (AvgIpc) is 2.93. The van der Waals surface area contributed by atoms with E-state index in [4.69, 9.17) is 0 Å². The number of rotatable bonds is 10. The van der Waals surface area contributed by atoms with Gasteiger partial charge in [0.25, 0.3) is 0 Å². The fourth-order valence-corrected chi connectivity index (χ4v) is 3.27. The van der Waals surface area contributed by atoms with Crippen LogP contribution in [0.5, 0.6) is 0 Å². The number of aliphatic hydroxyl groups excluding tert-OH is 2. The highest BCUT2D eigenvalue weighted by molar-refractivity contribution is 5.84. The monoisotopic (exact) mass is 390 g/mol. The van der Waals surface area contributed by atoms with Crippen molar-refractivity contribution in [2.75, 3.05) is 7.11 Å². The molecule has 0 saturated heterocycles. The van der Waals surface area contributed by atoms with Gasteiger partial charge in [-0.2, -0.15) is 0 Å². The van der Waals surface area contributed by atoms with Crippen LogP contribution in [0, 0.1) is 29.1 Å². The zero-order valence-corrected chi connectivity index (χ0v) is 17.5. The first-order chi connectivity index (χ1) is 13.2. The number of hydrogen-bond donors (Lipinski definition) is 2. The van der Waals surface area contributed by atoms with Crippen molar-refractivity contribution in [1.82, 2.24) is 0 Å². The minimum Gasteiger partial charge on any atom is -0.469 e. The van der Waals surface area contributed by atoms with Gasteiger partial charge in [0.15, 0.2) is 0 Å². The number of hydrogen-bond acceptors (Lipinski definition) is 5. The molecule has 156 valence electrons. The van der Waals surface area contributed by atoms with Gasteiger partial charge in [-0.1, -0.05) is 38.2 Å². The van der Waals surface area contributed by atoms with E-state index in [0.29, 0.717) is 25.7 Å². The average molecular weight is 391 g/mol. The van der Waals surface area contributed by atoms with Gasteiger partial charge in [-0.3, -0.25) is 9.59 Å². The number of esters is 1. The number of methoxy groups -OCH3 is 1. The van der Waals surface area contributed by atoms with Crippen LogP contribution in [0.1, 0.15) is 59.3 Å². The van der Waals surface area contributed by atoms with E-state index in [9.17, 15) is 19.8 Å². The molecule has 0 amide bonds. The molecular weight excluding hydrogens is 356 g/mol. The maximum absolute atomic E-state index is 12.3. The molecule has 0 aromatic carbocycles. The minimum atomic E-state index is -0.716. The Morgan fingerprint density at radius 2 is 2.11 bits per heavy atom. The molecule has 1 fully saturated rings. The summed E-state index contributed by atoms with van der Waals surface area (Å²) in [4.78, 5) is 23.3. The Kier molecular flexibility index (Phi) is 10.2. The molecule has 0 bridgehead atoms. The summed E-state index contributed by atoms with van der Waals surface area (Å²) in [6, 6.07) is 0. The molecule has 0 aromatic rings. The number of ether oxygens (including phenoxy) is 1. The van der Waals surface area contributed by atoms with Gasteiger partial charge in [0.1, 0.15) is 5.78 Å². The van der Waals surface area contributed by atoms with E-state index in [-0.39, 0.29) is 30.0 Å². The Bertz CT molecular complexity index is 635. The molecule has 0 heterocycles. The van der Waals surface area contributed by atoms with Gasteiger partial charge >= 0.3 is 5.97 Å². The lowest BCUT2D eigenvalue weighted by Gasteiger charge is -2.27. The molecule has 1 aliphatic rings. The van der Waals surface area contributed by atoms with Crippen LogP contribution in [0.25, 0.3) is 0 Å². The number of carbonyl (C=O) groups excluding carboxylic acids is 2. The predicted octanol–water partition coefficient (Wildman–Crippen LogP) is 3.20. The molecule has 4 atom stereocenters. The Morgan fingerprint density at radius 3 is 2.75 bits per heavy atom. The van der Waals surface area contributed by atoms with Crippen molar-refractivity contribution in [2.24, 2.45) is 17.3 Å². The van der Waals surface area contributed by atoms with Crippen LogP contribution >= 0.6 is 0 Å². The molecule has 0 aliphatic heterocycles. The number of carbonyl (C=O) groups is 2. The lowest BCUT2D eigenvalue weighted by atomic mass is 9.82. The second-order valence-corrected chi connectivity index (χ2v) is 8.02. The van der Waals surface area contributed by atoms with E-state index in [2.05, 4.69) is 16.6 Å². The summed E-state index contributed by atoms with van der Waals surface area (Å²) in [6.07, 6.45) is 9.05. The molecule has 0 unspecified atom stereocenters. The molecule has 1 aliphatic carbocycles. The summed E-state index contributed by atoms with van der Waals surface area (Å²) >= 11 is 0. The molecule has 0 radical (unpaired) electrons. The Balaban J connectivity index is 2.64. The van der Waals surface area contributed by atoms with E-state index in [1.165, 1.54) is 7.11 Å². The van der Waals surface area contributed by atoms with E-state index >= 15 is 0 Å². The fraction of sp³-hybridized carbons (Fsp3) is 0.652. The summed E-state index contributed by atoms with van der Waals surface area (Å²) in [5, 5.41) is 20.7. The van der Waals surface area contributed by atoms with E-state index < -0.39 is 17.6 Å². The van der Waals surface area contributed by atoms with Crippen LogP contribution in [-0.4, -0.2) is 41.3 Å². The van der Waals surface area contributed by atoms with E-state index in [0.717, 1.165) is 6.42 Å². The molecule has 2 N–H and O–H groups in total. The largest absolute Gasteiger partial charge is 0.469 e. The van der Waals surface area contributed by atoms with Crippen molar-refractivity contribution < 1.29 is 24.5 Å². The van der Waals surface area contributed by atoms with Crippen LogP contribution in [0.2, 0.25) is 0 Å². The van der Waals surface area contributed by atoms with Crippen molar-refractivity contribution in [2.45, 2.75) is 71.5 Å². The lowest BCUT2D eigenvalue weighted by Crippen LogP contribution is -2.28. The van der Waals surface area contributed by atoms with Crippen molar-refractivity contribution in [3.8, 4) is 11.8 Å². The Hall–Kier alpha value is -1.90. The maximum atomic E-state index is 12.3. The quantitative estimate of drug-likeness (QED) is 0.259. The van der Waals surface area contributed by atoms with Crippen molar-refractivity contribution >= 4 is 11.8 Å². The number of unbranched alkanes of at least 4 members (excludes halogenated alkanes) is 1. The highest BCUT2D eigenvalue weighted by Gasteiger charge is 2.39. The van der Waals surface area contributed by atoms with Gasteiger partial charge in [0.05, 0.1) is 19.3 Å². The molecule has 5 heteroatoms. The van der Waals surface area contributed by atoms with Gasteiger partial charge in [0, 0.05) is 36.5 Å². The first-order valence-electron chi connectivity index (χ1n) is 9.91.